The average Bonchev–Trinajstić information content (AvgIpc) is 2.36. The first kappa shape index (κ1) is 12.3. The highest BCUT2D eigenvalue weighted by Crippen LogP contribution is 2.15. The van der Waals surface area contributed by atoms with Gasteiger partial charge in [-0.05, 0) is 31.2 Å². The normalized spacial score (nSPS) is 13.6. The van der Waals surface area contributed by atoms with E-state index >= 15 is 0 Å². The van der Waals surface area contributed by atoms with Crippen LogP contribution in [0.1, 0.15) is 12.5 Å². The monoisotopic (exact) mass is 223 g/mol. The fraction of sp³-hybridized carbons (Fsp3) is 0.364. The summed E-state index contributed by atoms with van der Waals surface area (Å²) in [6, 6.07) is 7.31. The number of nitrogens with zero attached hydrogens (tertiary/aromatic N) is 2. The molecule has 0 aliphatic carbocycles. The van der Waals surface area contributed by atoms with E-state index in [9.17, 15) is 0 Å². The zero-order valence-corrected chi connectivity index (χ0v) is 9.46. The molecule has 4 N–H and O–H groups in total. The van der Waals surface area contributed by atoms with Crippen molar-refractivity contribution in [3.63, 3.8) is 0 Å². The Bertz CT molecular complexity index is 362. The van der Waals surface area contributed by atoms with Crippen molar-refractivity contribution in [3.05, 3.63) is 29.8 Å². The van der Waals surface area contributed by atoms with Crippen molar-refractivity contribution in [3.8, 4) is 0 Å². The largest absolute Gasteiger partial charge is 0.409 e. The first-order chi connectivity index (χ1) is 7.60. The highest BCUT2D eigenvalue weighted by molar-refractivity contribution is 5.97. The predicted octanol–water partition coefficient (Wildman–Crippen LogP) is 0.598. The molecular weight excluding hydrogens is 206 g/mol. The number of aliphatic hydroxyl groups is 1. The summed E-state index contributed by atoms with van der Waals surface area (Å²) in [7, 11) is 1.90. The van der Waals surface area contributed by atoms with Gasteiger partial charge in [-0.1, -0.05) is 5.16 Å². The van der Waals surface area contributed by atoms with Crippen molar-refractivity contribution < 1.29 is 10.3 Å². The Balaban J connectivity index is 2.86. The maximum atomic E-state index is 9.03. The van der Waals surface area contributed by atoms with Gasteiger partial charge in [0.05, 0.1) is 6.61 Å². The van der Waals surface area contributed by atoms with Crippen molar-refractivity contribution in [2.45, 2.75) is 13.0 Å². The van der Waals surface area contributed by atoms with E-state index in [0.29, 0.717) is 5.56 Å². The van der Waals surface area contributed by atoms with E-state index < -0.39 is 0 Å². The van der Waals surface area contributed by atoms with E-state index in [1.54, 1.807) is 12.1 Å². The number of hydrogen-bond acceptors (Lipinski definition) is 4. The lowest BCUT2D eigenvalue weighted by Gasteiger charge is -2.25. The van der Waals surface area contributed by atoms with Crippen LogP contribution in [0, 0.1) is 0 Å². The SMILES string of the molecule is CC(CO)N(C)c1ccc(/C(N)=N/O)cc1. The van der Waals surface area contributed by atoms with Crippen LogP contribution in [0.25, 0.3) is 0 Å². The summed E-state index contributed by atoms with van der Waals surface area (Å²) in [6.45, 7) is 2.02. The Labute approximate surface area is 94.8 Å². The molecule has 0 bridgehead atoms. The van der Waals surface area contributed by atoms with Gasteiger partial charge in [-0.15, -0.1) is 0 Å². The minimum Gasteiger partial charge on any atom is -0.409 e. The Kier molecular flexibility index (Phi) is 4.13. The molecule has 0 aromatic heterocycles. The van der Waals surface area contributed by atoms with Gasteiger partial charge in [0.25, 0.3) is 0 Å². The molecule has 0 fully saturated rings. The molecule has 0 radical (unpaired) electrons. The van der Waals surface area contributed by atoms with Crippen LogP contribution in [-0.4, -0.2) is 35.8 Å². The van der Waals surface area contributed by atoms with Crippen LogP contribution in [0.15, 0.2) is 29.4 Å². The Morgan fingerprint density at radius 2 is 2.00 bits per heavy atom. The number of benzene rings is 1. The van der Waals surface area contributed by atoms with Crippen LogP contribution >= 0.6 is 0 Å². The molecule has 1 atom stereocenters. The fourth-order valence-electron chi connectivity index (χ4n) is 1.30. The highest BCUT2D eigenvalue weighted by atomic mass is 16.4. The van der Waals surface area contributed by atoms with Crippen molar-refractivity contribution in [1.82, 2.24) is 0 Å². The third-order valence-corrected chi connectivity index (χ3v) is 2.60. The van der Waals surface area contributed by atoms with Gasteiger partial charge in [-0.25, -0.2) is 0 Å². The molecular formula is C11H17N3O2. The molecule has 1 aromatic rings. The minimum atomic E-state index is 0.0507. The quantitative estimate of drug-likeness (QED) is 0.302. The molecule has 0 heterocycles. The molecule has 0 saturated heterocycles. The first-order valence-corrected chi connectivity index (χ1v) is 5.01. The van der Waals surface area contributed by atoms with E-state index in [4.69, 9.17) is 16.0 Å². The molecule has 0 aliphatic heterocycles. The van der Waals surface area contributed by atoms with Crippen LogP contribution < -0.4 is 10.6 Å². The summed E-state index contributed by atoms with van der Waals surface area (Å²) in [5, 5.41) is 20.5. The van der Waals surface area contributed by atoms with Crippen LogP contribution in [0.3, 0.4) is 0 Å². The average molecular weight is 223 g/mol. The van der Waals surface area contributed by atoms with E-state index in [1.807, 2.05) is 31.0 Å². The summed E-state index contributed by atoms with van der Waals surface area (Å²) in [4.78, 5) is 1.95. The van der Waals surface area contributed by atoms with Crippen molar-refractivity contribution in [2.24, 2.45) is 10.9 Å². The van der Waals surface area contributed by atoms with Crippen LogP contribution in [0.4, 0.5) is 5.69 Å². The number of likely N-dealkylation sites (N-methyl/N-ethyl adjacent to an activating group) is 1. The first-order valence-electron chi connectivity index (χ1n) is 5.01. The Hall–Kier alpha value is -1.75. The number of amidine groups is 1. The van der Waals surface area contributed by atoms with Crippen molar-refractivity contribution in [2.75, 3.05) is 18.6 Å². The van der Waals surface area contributed by atoms with Gasteiger partial charge in [0.1, 0.15) is 0 Å². The molecule has 1 rings (SSSR count). The second-order valence-electron chi connectivity index (χ2n) is 3.67. The third kappa shape index (κ3) is 2.64. The molecule has 0 amide bonds. The smallest absolute Gasteiger partial charge is 0.170 e. The maximum absolute atomic E-state index is 9.03. The topological polar surface area (TPSA) is 82.1 Å². The third-order valence-electron chi connectivity index (χ3n) is 2.60. The van der Waals surface area contributed by atoms with Crippen LogP contribution in [0.2, 0.25) is 0 Å². The van der Waals surface area contributed by atoms with Crippen LogP contribution in [0.5, 0.6) is 0 Å². The van der Waals surface area contributed by atoms with Crippen molar-refractivity contribution in [1.29, 1.82) is 0 Å². The minimum absolute atomic E-state index is 0.0507. The van der Waals surface area contributed by atoms with Gasteiger partial charge in [0.2, 0.25) is 0 Å². The number of anilines is 1. The lowest BCUT2D eigenvalue weighted by atomic mass is 10.1. The predicted molar refractivity (Wildman–Crippen MR) is 63.9 cm³/mol. The summed E-state index contributed by atoms with van der Waals surface area (Å²) in [5.41, 5.74) is 7.08. The van der Waals surface area contributed by atoms with Gasteiger partial charge in [0.15, 0.2) is 5.84 Å². The second kappa shape index (κ2) is 5.37. The summed E-state index contributed by atoms with van der Waals surface area (Å²) >= 11 is 0. The molecule has 88 valence electrons. The Morgan fingerprint density at radius 3 is 2.44 bits per heavy atom. The van der Waals surface area contributed by atoms with E-state index in [0.717, 1.165) is 5.69 Å². The van der Waals surface area contributed by atoms with E-state index in [2.05, 4.69) is 5.16 Å². The number of aliphatic hydroxyl groups excluding tert-OH is 1. The second-order valence-corrected chi connectivity index (χ2v) is 3.67. The maximum Gasteiger partial charge on any atom is 0.170 e. The zero-order chi connectivity index (χ0) is 12.1. The van der Waals surface area contributed by atoms with Gasteiger partial charge in [0, 0.05) is 24.3 Å². The highest BCUT2D eigenvalue weighted by Gasteiger charge is 2.08. The van der Waals surface area contributed by atoms with Crippen molar-refractivity contribution >= 4 is 11.5 Å². The molecule has 0 saturated carbocycles. The zero-order valence-electron chi connectivity index (χ0n) is 9.46. The molecule has 5 heteroatoms. The van der Waals surface area contributed by atoms with Crippen LogP contribution in [-0.2, 0) is 0 Å². The number of oxime groups is 1. The standard InChI is InChI=1S/C11H17N3O2/c1-8(7-15)14(2)10-5-3-9(4-6-10)11(12)13-16/h3-6,8,15-16H,7H2,1-2H3,(H2,12,13). The Morgan fingerprint density at radius 1 is 1.44 bits per heavy atom. The number of rotatable bonds is 4. The number of nitrogens with two attached hydrogens (primary N) is 1. The summed E-state index contributed by atoms with van der Waals surface area (Å²) in [5.74, 6) is 0.0874. The van der Waals surface area contributed by atoms with E-state index in [-0.39, 0.29) is 18.5 Å². The van der Waals surface area contributed by atoms with Gasteiger partial charge < -0.3 is 20.9 Å². The molecule has 5 nitrogen and oxygen atoms in total. The van der Waals surface area contributed by atoms with Gasteiger partial charge in [-0.2, -0.15) is 0 Å². The van der Waals surface area contributed by atoms with E-state index in [1.165, 1.54) is 0 Å². The molecule has 1 aromatic carbocycles. The lowest BCUT2D eigenvalue weighted by Crippen LogP contribution is -2.31. The number of hydrogen-bond donors (Lipinski definition) is 3. The molecule has 1 unspecified atom stereocenters. The molecule has 0 aliphatic rings. The summed E-state index contributed by atoms with van der Waals surface area (Å²) in [6.07, 6.45) is 0. The molecule has 16 heavy (non-hydrogen) atoms. The van der Waals surface area contributed by atoms with Gasteiger partial charge in [-0.3, -0.25) is 0 Å². The molecule has 0 spiro atoms. The fourth-order valence-corrected chi connectivity index (χ4v) is 1.30. The van der Waals surface area contributed by atoms with Gasteiger partial charge >= 0.3 is 0 Å². The summed E-state index contributed by atoms with van der Waals surface area (Å²) < 4.78 is 0. The lowest BCUT2D eigenvalue weighted by molar-refractivity contribution is 0.270.